The van der Waals surface area contributed by atoms with E-state index < -0.39 is 0 Å². The van der Waals surface area contributed by atoms with Gasteiger partial charge in [-0.05, 0) is 25.0 Å². The highest BCUT2D eigenvalue weighted by atomic mass is 32.1. The first-order chi connectivity index (χ1) is 9.25. The molecule has 0 saturated carbocycles. The fraction of sp³-hybridized carbons (Fsp3) is 0.385. The van der Waals surface area contributed by atoms with E-state index in [2.05, 4.69) is 10.3 Å². The Morgan fingerprint density at radius 1 is 1.63 bits per heavy atom. The summed E-state index contributed by atoms with van der Waals surface area (Å²) < 4.78 is 6.41. The Hall–Kier alpha value is -1.66. The molecule has 1 aliphatic rings. The molecule has 2 aromatic heterocycles. The lowest BCUT2D eigenvalue weighted by Gasteiger charge is -2.10. The van der Waals surface area contributed by atoms with Gasteiger partial charge >= 0.3 is 0 Å². The molecule has 5 nitrogen and oxygen atoms in total. The van der Waals surface area contributed by atoms with Crippen LogP contribution in [0.15, 0.2) is 18.3 Å². The fourth-order valence-corrected chi connectivity index (χ4v) is 3.21. The van der Waals surface area contributed by atoms with Gasteiger partial charge in [-0.2, -0.15) is 0 Å². The minimum atomic E-state index is -0.143. The zero-order valence-corrected chi connectivity index (χ0v) is 11.2. The number of ether oxygens (including phenoxy) is 1. The van der Waals surface area contributed by atoms with E-state index >= 15 is 0 Å². The molecule has 1 amide bonds. The number of anilines is 1. The number of hydrogen-bond acceptors (Lipinski definition) is 5. The maximum Gasteiger partial charge on any atom is 0.263 e. The number of rotatable bonds is 3. The van der Waals surface area contributed by atoms with Gasteiger partial charge in [0.25, 0.3) is 5.91 Å². The monoisotopic (exact) mass is 277 g/mol. The van der Waals surface area contributed by atoms with E-state index in [9.17, 15) is 4.79 Å². The zero-order chi connectivity index (χ0) is 13.2. The highest BCUT2D eigenvalue weighted by molar-refractivity contribution is 7.21. The van der Waals surface area contributed by atoms with Crippen LogP contribution in [0.3, 0.4) is 0 Å². The normalized spacial score (nSPS) is 18.8. The highest BCUT2D eigenvalue weighted by Gasteiger charge is 2.20. The molecule has 1 saturated heterocycles. The predicted molar refractivity (Wildman–Crippen MR) is 75.3 cm³/mol. The molecule has 6 heteroatoms. The summed E-state index contributed by atoms with van der Waals surface area (Å²) >= 11 is 1.37. The van der Waals surface area contributed by atoms with Crippen LogP contribution in [0.25, 0.3) is 10.2 Å². The molecule has 0 radical (unpaired) electrons. The molecule has 3 N–H and O–H groups in total. The van der Waals surface area contributed by atoms with Crippen molar-refractivity contribution in [3.8, 4) is 0 Å². The lowest BCUT2D eigenvalue weighted by atomic mass is 10.2. The van der Waals surface area contributed by atoms with Crippen LogP contribution in [-0.2, 0) is 4.74 Å². The smallest absolute Gasteiger partial charge is 0.263 e. The van der Waals surface area contributed by atoms with E-state index in [-0.39, 0.29) is 12.0 Å². The Bertz CT molecular complexity index is 605. The molecule has 1 aliphatic heterocycles. The third-order valence-corrected chi connectivity index (χ3v) is 4.36. The Kier molecular flexibility index (Phi) is 3.35. The average Bonchev–Trinajstić information content (AvgIpc) is 3.05. The molecule has 0 aliphatic carbocycles. The van der Waals surface area contributed by atoms with Gasteiger partial charge in [-0.15, -0.1) is 11.3 Å². The molecule has 1 fully saturated rings. The van der Waals surface area contributed by atoms with E-state index in [1.165, 1.54) is 11.3 Å². The van der Waals surface area contributed by atoms with Gasteiger partial charge < -0.3 is 15.8 Å². The summed E-state index contributed by atoms with van der Waals surface area (Å²) in [5.41, 5.74) is 7.15. The summed E-state index contributed by atoms with van der Waals surface area (Å²) in [5.74, 6) is -0.143. The van der Waals surface area contributed by atoms with Crippen LogP contribution < -0.4 is 11.1 Å². The molecule has 1 unspecified atom stereocenters. The topological polar surface area (TPSA) is 77.2 Å². The van der Waals surface area contributed by atoms with Gasteiger partial charge in [0.2, 0.25) is 0 Å². The van der Waals surface area contributed by atoms with Crippen molar-refractivity contribution in [1.29, 1.82) is 0 Å². The number of nitrogens with two attached hydrogens (primary N) is 1. The minimum Gasteiger partial charge on any atom is -0.396 e. The van der Waals surface area contributed by atoms with E-state index in [0.29, 0.717) is 22.6 Å². The van der Waals surface area contributed by atoms with Crippen LogP contribution in [0.4, 0.5) is 5.69 Å². The second-order valence-corrected chi connectivity index (χ2v) is 5.59. The van der Waals surface area contributed by atoms with Gasteiger partial charge in [-0.25, -0.2) is 0 Å². The van der Waals surface area contributed by atoms with E-state index in [0.717, 1.165) is 24.1 Å². The van der Waals surface area contributed by atoms with Gasteiger partial charge in [-0.1, -0.05) is 0 Å². The van der Waals surface area contributed by atoms with Crippen LogP contribution >= 0.6 is 11.3 Å². The molecule has 0 aromatic carbocycles. The van der Waals surface area contributed by atoms with Crippen LogP contribution in [-0.4, -0.2) is 30.1 Å². The van der Waals surface area contributed by atoms with Gasteiger partial charge in [-0.3, -0.25) is 9.78 Å². The summed E-state index contributed by atoms with van der Waals surface area (Å²) in [7, 11) is 0. The molecule has 3 heterocycles. The second kappa shape index (κ2) is 5.14. The van der Waals surface area contributed by atoms with E-state index in [1.807, 2.05) is 12.1 Å². The number of nitrogens with zero attached hydrogens (tertiary/aromatic N) is 1. The molecule has 1 atom stereocenters. The predicted octanol–water partition coefficient (Wildman–Crippen LogP) is 1.79. The molecule has 100 valence electrons. The molecule has 19 heavy (non-hydrogen) atoms. The number of nitrogens with one attached hydrogen (secondary N) is 1. The number of aromatic nitrogens is 1. The van der Waals surface area contributed by atoms with Crippen molar-refractivity contribution >= 4 is 33.1 Å². The number of hydrogen-bond donors (Lipinski definition) is 2. The maximum absolute atomic E-state index is 12.1. The maximum atomic E-state index is 12.1. The summed E-state index contributed by atoms with van der Waals surface area (Å²) in [6.45, 7) is 1.33. The number of carbonyl (C=O) groups is 1. The molecular weight excluding hydrogens is 262 g/mol. The third kappa shape index (κ3) is 2.41. The van der Waals surface area contributed by atoms with Gasteiger partial charge in [0, 0.05) is 19.3 Å². The SMILES string of the molecule is Nc1c(C(=O)NCC2CCCO2)sc2cccnc12. The number of thiophene rings is 1. The van der Waals surface area contributed by atoms with Crippen LogP contribution in [0.1, 0.15) is 22.5 Å². The number of nitrogen functional groups attached to an aromatic ring is 1. The number of fused-ring (bicyclic) bond motifs is 1. The van der Waals surface area contributed by atoms with Crippen LogP contribution in [0.5, 0.6) is 0 Å². The molecule has 2 aromatic rings. The first-order valence-corrected chi connectivity index (χ1v) is 7.10. The molecule has 3 rings (SSSR count). The van der Waals surface area contributed by atoms with Gasteiger partial charge in [0.1, 0.15) is 10.4 Å². The Morgan fingerprint density at radius 3 is 3.26 bits per heavy atom. The summed E-state index contributed by atoms with van der Waals surface area (Å²) in [6.07, 6.45) is 3.89. The van der Waals surface area contributed by atoms with Crippen molar-refractivity contribution in [3.63, 3.8) is 0 Å². The van der Waals surface area contributed by atoms with Crippen LogP contribution in [0, 0.1) is 0 Å². The third-order valence-electron chi connectivity index (χ3n) is 3.20. The average molecular weight is 277 g/mol. The summed E-state index contributed by atoms with van der Waals surface area (Å²) in [4.78, 5) is 16.9. The molecule has 0 bridgehead atoms. The summed E-state index contributed by atoms with van der Waals surface area (Å²) in [6, 6.07) is 3.76. The van der Waals surface area contributed by atoms with Crippen molar-refractivity contribution in [2.75, 3.05) is 18.9 Å². The number of carbonyl (C=O) groups excluding carboxylic acids is 1. The molecular formula is C13H15N3O2S. The quantitative estimate of drug-likeness (QED) is 0.896. The standard InChI is InChI=1S/C13H15N3O2S/c14-10-11-9(4-1-5-15-11)19-12(10)13(17)16-7-8-3-2-6-18-8/h1,4-5,8H,2-3,6-7,14H2,(H,16,17). The zero-order valence-electron chi connectivity index (χ0n) is 10.4. The van der Waals surface area contributed by atoms with Crippen molar-refractivity contribution in [1.82, 2.24) is 10.3 Å². The molecule has 0 spiro atoms. The Labute approximate surface area is 114 Å². The van der Waals surface area contributed by atoms with Crippen molar-refractivity contribution in [2.45, 2.75) is 18.9 Å². The largest absolute Gasteiger partial charge is 0.396 e. The highest BCUT2D eigenvalue weighted by Crippen LogP contribution is 2.31. The second-order valence-electron chi connectivity index (χ2n) is 4.54. The minimum absolute atomic E-state index is 0.137. The van der Waals surface area contributed by atoms with Crippen molar-refractivity contribution in [2.24, 2.45) is 0 Å². The first kappa shape index (κ1) is 12.4. The number of pyridine rings is 1. The van der Waals surface area contributed by atoms with E-state index in [1.54, 1.807) is 6.20 Å². The lowest BCUT2D eigenvalue weighted by Crippen LogP contribution is -2.31. The van der Waals surface area contributed by atoms with Crippen molar-refractivity contribution in [3.05, 3.63) is 23.2 Å². The lowest BCUT2D eigenvalue weighted by molar-refractivity contribution is 0.0862. The summed E-state index contributed by atoms with van der Waals surface area (Å²) in [5, 5.41) is 2.88. The van der Waals surface area contributed by atoms with Gasteiger partial charge in [0.15, 0.2) is 0 Å². The first-order valence-electron chi connectivity index (χ1n) is 6.28. The Balaban J connectivity index is 1.75. The van der Waals surface area contributed by atoms with E-state index in [4.69, 9.17) is 10.5 Å². The Morgan fingerprint density at radius 2 is 2.53 bits per heavy atom. The fourth-order valence-electron chi connectivity index (χ4n) is 2.21. The number of amides is 1. The van der Waals surface area contributed by atoms with Gasteiger partial charge in [0.05, 0.1) is 16.5 Å². The van der Waals surface area contributed by atoms with Crippen LogP contribution in [0.2, 0.25) is 0 Å². The van der Waals surface area contributed by atoms with Crippen molar-refractivity contribution < 1.29 is 9.53 Å².